The van der Waals surface area contributed by atoms with Gasteiger partial charge in [-0.3, -0.25) is 0 Å². The Morgan fingerprint density at radius 3 is 2.85 bits per heavy atom. The van der Waals surface area contributed by atoms with Gasteiger partial charge in [0.05, 0.1) is 6.10 Å². The van der Waals surface area contributed by atoms with Crippen LogP contribution in [0.2, 0.25) is 0 Å². The summed E-state index contributed by atoms with van der Waals surface area (Å²) in [5, 5.41) is 0. The van der Waals surface area contributed by atoms with Crippen LogP contribution >= 0.6 is 0 Å². The molecule has 1 aliphatic heterocycles. The van der Waals surface area contributed by atoms with Crippen molar-refractivity contribution in [2.45, 2.75) is 32.2 Å². The highest BCUT2D eigenvalue weighted by molar-refractivity contribution is 5.48. The fraction of sp³-hybridized carbons (Fsp3) is 0.615. The van der Waals surface area contributed by atoms with Crippen LogP contribution in [0, 0.1) is 0 Å². The van der Waals surface area contributed by atoms with Gasteiger partial charge in [-0.05, 0) is 19.4 Å². The maximum Gasteiger partial charge on any atom is 0.433 e. The molecule has 1 aromatic heterocycles. The second-order valence-corrected chi connectivity index (χ2v) is 4.86. The zero-order chi connectivity index (χ0) is 14.8. The Morgan fingerprint density at radius 1 is 1.45 bits per heavy atom. The van der Waals surface area contributed by atoms with Gasteiger partial charge < -0.3 is 15.4 Å². The Balaban J connectivity index is 2.36. The van der Waals surface area contributed by atoms with Crippen LogP contribution in [-0.4, -0.2) is 30.8 Å². The molecule has 0 aromatic carbocycles. The molecule has 1 aliphatic rings. The number of alkyl halides is 3. The third-order valence-electron chi connectivity index (χ3n) is 3.22. The van der Waals surface area contributed by atoms with Crippen LogP contribution < -0.4 is 10.6 Å². The smallest absolute Gasteiger partial charge is 0.377 e. The molecular formula is C13H18F3N3O. The fourth-order valence-electron chi connectivity index (χ4n) is 2.25. The first kappa shape index (κ1) is 15.1. The maximum absolute atomic E-state index is 12.8. The molecule has 1 unspecified atom stereocenters. The summed E-state index contributed by atoms with van der Waals surface area (Å²) in [6.45, 7) is 3.79. The first-order valence-electron chi connectivity index (χ1n) is 6.55. The fourth-order valence-corrected chi connectivity index (χ4v) is 2.25. The quantitative estimate of drug-likeness (QED) is 0.906. The van der Waals surface area contributed by atoms with Crippen molar-refractivity contribution in [1.29, 1.82) is 0 Å². The minimum atomic E-state index is -4.45. The van der Waals surface area contributed by atoms with Crippen molar-refractivity contribution in [3.05, 3.63) is 23.4 Å². The van der Waals surface area contributed by atoms with Crippen molar-refractivity contribution in [1.82, 2.24) is 4.98 Å². The van der Waals surface area contributed by atoms with Gasteiger partial charge in [-0.25, -0.2) is 4.98 Å². The van der Waals surface area contributed by atoms with Crippen LogP contribution in [0.1, 0.15) is 24.6 Å². The van der Waals surface area contributed by atoms with E-state index < -0.39 is 11.9 Å². The highest BCUT2D eigenvalue weighted by Gasteiger charge is 2.33. The average Bonchev–Trinajstić information content (AvgIpc) is 2.61. The van der Waals surface area contributed by atoms with Crippen molar-refractivity contribution in [2.75, 3.05) is 24.6 Å². The van der Waals surface area contributed by atoms with E-state index in [1.807, 2.05) is 11.8 Å². The molecular weight excluding hydrogens is 271 g/mol. The third kappa shape index (κ3) is 3.40. The van der Waals surface area contributed by atoms with E-state index in [0.717, 1.165) is 12.5 Å². The van der Waals surface area contributed by atoms with Gasteiger partial charge in [0.1, 0.15) is 11.5 Å². The standard InChI is InChI=1S/C13H18F3N3O/c1-9-8-19(5-2-6-20-9)12-10(7-17)3-4-11(18-12)13(14,15)16/h3-4,9H,2,5-8,17H2,1H3. The molecule has 20 heavy (non-hydrogen) atoms. The van der Waals surface area contributed by atoms with Gasteiger partial charge in [0.2, 0.25) is 0 Å². The van der Waals surface area contributed by atoms with E-state index in [9.17, 15) is 13.2 Å². The van der Waals surface area contributed by atoms with Crippen molar-refractivity contribution in [3.63, 3.8) is 0 Å². The molecule has 0 aliphatic carbocycles. The second-order valence-electron chi connectivity index (χ2n) is 4.86. The highest BCUT2D eigenvalue weighted by Crippen LogP contribution is 2.31. The van der Waals surface area contributed by atoms with Gasteiger partial charge in [-0.1, -0.05) is 6.07 Å². The Morgan fingerprint density at radius 2 is 2.20 bits per heavy atom. The molecule has 1 saturated heterocycles. The predicted molar refractivity (Wildman–Crippen MR) is 69.4 cm³/mol. The summed E-state index contributed by atoms with van der Waals surface area (Å²) < 4.78 is 43.9. The minimum Gasteiger partial charge on any atom is -0.377 e. The topological polar surface area (TPSA) is 51.4 Å². The largest absolute Gasteiger partial charge is 0.433 e. The van der Waals surface area contributed by atoms with Crippen molar-refractivity contribution < 1.29 is 17.9 Å². The normalized spacial score (nSPS) is 20.9. The van der Waals surface area contributed by atoms with E-state index in [0.29, 0.717) is 31.1 Å². The molecule has 0 spiro atoms. The molecule has 0 bridgehead atoms. The maximum atomic E-state index is 12.8. The van der Waals surface area contributed by atoms with Crippen LogP contribution in [0.25, 0.3) is 0 Å². The molecule has 112 valence electrons. The lowest BCUT2D eigenvalue weighted by molar-refractivity contribution is -0.141. The molecule has 4 nitrogen and oxygen atoms in total. The van der Waals surface area contributed by atoms with Gasteiger partial charge in [0.25, 0.3) is 0 Å². The molecule has 1 fully saturated rings. The monoisotopic (exact) mass is 289 g/mol. The van der Waals surface area contributed by atoms with Crippen LogP contribution in [0.3, 0.4) is 0 Å². The molecule has 0 saturated carbocycles. The van der Waals surface area contributed by atoms with E-state index >= 15 is 0 Å². The van der Waals surface area contributed by atoms with Gasteiger partial charge in [0.15, 0.2) is 0 Å². The number of halogens is 3. The molecule has 7 heteroatoms. The third-order valence-corrected chi connectivity index (χ3v) is 3.22. The molecule has 0 radical (unpaired) electrons. The van der Waals surface area contributed by atoms with Crippen LogP contribution in [0.4, 0.5) is 19.0 Å². The van der Waals surface area contributed by atoms with Gasteiger partial charge in [0, 0.05) is 31.8 Å². The Kier molecular flexibility index (Phi) is 4.49. The van der Waals surface area contributed by atoms with Crippen LogP contribution in [0.15, 0.2) is 12.1 Å². The summed E-state index contributed by atoms with van der Waals surface area (Å²) in [6, 6.07) is 2.38. The molecule has 2 heterocycles. The Hall–Kier alpha value is -1.34. The lowest BCUT2D eigenvalue weighted by atomic mass is 10.2. The molecule has 2 N–H and O–H groups in total. The Bertz CT molecular complexity index is 465. The van der Waals surface area contributed by atoms with Gasteiger partial charge in [-0.15, -0.1) is 0 Å². The van der Waals surface area contributed by atoms with E-state index in [2.05, 4.69) is 4.98 Å². The number of rotatable bonds is 2. The average molecular weight is 289 g/mol. The molecule has 1 aromatic rings. The minimum absolute atomic E-state index is 0.0422. The summed E-state index contributed by atoms with van der Waals surface area (Å²) >= 11 is 0. The van der Waals surface area contributed by atoms with E-state index in [1.165, 1.54) is 6.07 Å². The van der Waals surface area contributed by atoms with Gasteiger partial charge >= 0.3 is 6.18 Å². The molecule has 0 amide bonds. The van der Waals surface area contributed by atoms with Gasteiger partial charge in [-0.2, -0.15) is 13.2 Å². The number of nitrogens with zero attached hydrogens (tertiary/aromatic N) is 2. The number of hydrogen-bond acceptors (Lipinski definition) is 4. The molecule has 2 rings (SSSR count). The second kappa shape index (κ2) is 5.97. The zero-order valence-electron chi connectivity index (χ0n) is 11.3. The summed E-state index contributed by atoms with van der Waals surface area (Å²) in [6.07, 6.45) is -3.73. The lowest BCUT2D eigenvalue weighted by Crippen LogP contribution is -2.32. The van der Waals surface area contributed by atoms with Crippen LogP contribution in [0.5, 0.6) is 0 Å². The lowest BCUT2D eigenvalue weighted by Gasteiger charge is -2.26. The van der Waals surface area contributed by atoms with Crippen molar-refractivity contribution in [3.8, 4) is 0 Å². The SMILES string of the molecule is CC1CN(c2nc(C(F)(F)F)ccc2CN)CCCO1. The van der Waals surface area contributed by atoms with Crippen molar-refractivity contribution >= 4 is 5.82 Å². The first-order valence-corrected chi connectivity index (χ1v) is 6.55. The molecule has 1 atom stereocenters. The number of anilines is 1. The number of aromatic nitrogens is 1. The van der Waals surface area contributed by atoms with Crippen LogP contribution in [-0.2, 0) is 17.5 Å². The first-order chi connectivity index (χ1) is 9.41. The highest BCUT2D eigenvalue weighted by atomic mass is 19.4. The number of nitrogens with two attached hydrogens (primary N) is 1. The van der Waals surface area contributed by atoms with Crippen molar-refractivity contribution in [2.24, 2.45) is 5.73 Å². The predicted octanol–water partition coefficient (Wildman–Crippen LogP) is 2.17. The summed E-state index contributed by atoms with van der Waals surface area (Å²) in [5.74, 6) is 0.319. The number of hydrogen-bond donors (Lipinski definition) is 1. The summed E-state index contributed by atoms with van der Waals surface area (Å²) in [5.41, 5.74) is 5.34. The Labute approximate surface area is 115 Å². The number of ether oxygens (including phenoxy) is 1. The van der Waals surface area contributed by atoms with E-state index in [-0.39, 0.29) is 12.6 Å². The van der Waals surface area contributed by atoms with E-state index in [4.69, 9.17) is 10.5 Å². The van der Waals surface area contributed by atoms with E-state index in [1.54, 1.807) is 0 Å². The summed E-state index contributed by atoms with van der Waals surface area (Å²) in [4.78, 5) is 5.61. The number of pyridine rings is 1. The summed E-state index contributed by atoms with van der Waals surface area (Å²) in [7, 11) is 0. The zero-order valence-corrected chi connectivity index (χ0v) is 11.3.